The van der Waals surface area contributed by atoms with Gasteiger partial charge in [0.15, 0.2) is 0 Å². The summed E-state index contributed by atoms with van der Waals surface area (Å²) < 4.78 is 0. The smallest absolute Gasteiger partial charge is 0.0463 e. The molecule has 1 aliphatic rings. The van der Waals surface area contributed by atoms with E-state index >= 15 is 0 Å². The Kier molecular flexibility index (Phi) is 11.4. The summed E-state index contributed by atoms with van der Waals surface area (Å²) in [6, 6.07) is 0.634. The highest BCUT2D eigenvalue weighted by molar-refractivity contribution is 4.86. The van der Waals surface area contributed by atoms with Crippen molar-refractivity contribution in [2.45, 2.75) is 103 Å². The molecule has 0 bridgehead atoms. The molecule has 2 N–H and O–H groups in total. The van der Waals surface area contributed by atoms with Crippen LogP contribution in [0.25, 0.3) is 0 Å². The second-order valence-corrected chi connectivity index (χ2v) is 6.37. The minimum absolute atomic E-state index is 0.634. The maximum atomic E-state index is 3.17. The molecule has 0 aromatic heterocycles. The van der Waals surface area contributed by atoms with Crippen molar-refractivity contribution in [3.05, 3.63) is 12.4 Å². The summed E-state index contributed by atoms with van der Waals surface area (Å²) in [4.78, 5) is 0. The summed E-state index contributed by atoms with van der Waals surface area (Å²) in [5.74, 6) is 0. The van der Waals surface area contributed by atoms with Crippen LogP contribution in [0.3, 0.4) is 0 Å². The molecule has 1 atom stereocenters. The highest BCUT2D eigenvalue weighted by Gasteiger charge is 2.14. The molecule has 0 aromatic carbocycles. The zero-order valence-electron chi connectivity index (χ0n) is 14.4. The van der Waals surface area contributed by atoms with Crippen molar-refractivity contribution in [2.75, 3.05) is 0 Å². The fourth-order valence-corrected chi connectivity index (χ4v) is 3.06. The lowest BCUT2D eigenvalue weighted by Gasteiger charge is -2.26. The van der Waals surface area contributed by atoms with Crippen LogP contribution in [0, 0.1) is 0 Å². The third-order valence-corrected chi connectivity index (χ3v) is 4.52. The second-order valence-electron chi connectivity index (χ2n) is 6.37. The van der Waals surface area contributed by atoms with Crippen LogP contribution < -0.4 is 11.0 Å². The lowest BCUT2D eigenvalue weighted by atomic mass is 10.0. The van der Waals surface area contributed by atoms with Gasteiger partial charge in [0.2, 0.25) is 0 Å². The average Bonchev–Trinajstić information content (AvgIpc) is 3.03. The molecule has 0 aromatic rings. The fourth-order valence-electron chi connectivity index (χ4n) is 3.06. The molecular weight excluding hydrogens is 258 g/mol. The van der Waals surface area contributed by atoms with Gasteiger partial charge >= 0.3 is 0 Å². The lowest BCUT2D eigenvalue weighted by molar-refractivity contribution is 0.179. The van der Waals surface area contributed by atoms with Gasteiger partial charge in [-0.15, -0.1) is 5.53 Å². The summed E-state index contributed by atoms with van der Waals surface area (Å²) >= 11 is 0. The zero-order valence-corrected chi connectivity index (χ0v) is 14.4. The first-order valence-electron chi connectivity index (χ1n) is 9.34. The van der Waals surface area contributed by atoms with E-state index in [1.807, 2.05) is 6.20 Å². The maximum absolute atomic E-state index is 3.17. The van der Waals surface area contributed by atoms with Crippen molar-refractivity contribution in [3.8, 4) is 0 Å². The van der Waals surface area contributed by atoms with E-state index in [1.165, 1.54) is 83.5 Å². The van der Waals surface area contributed by atoms with Gasteiger partial charge in [0, 0.05) is 18.4 Å². The van der Waals surface area contributed by atoms with Gasteiger partial charge in [0.25, 0.3) is 0 Å². The molecule has 21 heavy (non-hydrogen) atoms. The van der Waals surface area contributed by atoms with Gasteiger partial charge in [-0.25, -0.2) is 0 Å². The van der Waals surface area contributed by atoms with E-state index in [4.69, 9.17) is 0 Å². The first kappa shape index (κ1) is 18.3. The van der Waals surface area contributed by atoms with E-state index in [9.17, 15) is 0 Å². The minimum Gasteiger partial charge on any atom is -0.310 e. The van der Waals surface area contributed by atoms with Crippen molar-refractivity contribution in [1.82, 2.24) is 16.0 Å². The predicted octanol–water partition coefficient (Wildman–Crippen LogP) is 5.26. The Bertz CT molecular complexity index is 253. The summed E-state index contributed by atoms with van der Waals surface area (Å²) in [6.07, 6.45) is 22.2. The van der Waals surface area contributed by atoms with Crippen molar-refractivity contribution in [3.63, 3.8) is 0 Å². The monoisotopic (exact) mass is 295 g/mol. The molecule has 1 heterocycles. The van der Waals surface area contributed by atoms with E-state index in [-0.39, 0.29) is 0 Å². The van der Waals surface area contributed by atoms with Gasteiger partial charge in [0.05, 0.1) is 0 Å². The van der Waals surface area contributed by atoms with E-state index < -0.39 is 0 Å². The Labute approximate surface area is 132 Å². The molecule has 0 amide bonds. The van der Waals surface area contributed by atoms with Gasteiger partial charge in [-0.1, -0.05) is 84.5 Å². The molecule has 124 valence electrons. The van der Waals surface area contributed by atoms with Crippen LogP contribution in [-0.4, -0.2) is 11.1 Å². The SMILES string of the molecule is CCCCCCCCCCCCCC(CC)N1C=CNN1. The molecule has 0 saturated heterocycles. The number of nitrogens with zero attached hydrogens (tertiary/aromatic N) is 1. The number of hydrogen-bond acceptors (Lipinski definition) is 3. The normalized spacial score (nSPS) is 15.4. The molecule has 0 aliphatic carbocycles. The molecule has 1 rings (SSSR count). The van der Waals surface area contributed by atoms with E-state index in [0.717, 1.165) is 0 Å². The number of hydrazine groups is 2. The number of nitrogens with one attached hydrogen (secondary N) is 2. The molecular formula is C18H37N3. The van der Waals surface area contributed by atoms with Crippen LogP contribution in [0.4, 0.5) is 0 Å². The number of unbranched alkanes of at least 4 members (excludes halogenated alkanes) is 10. The lowest BCUT2D eigenvalue weighted by Crippen LogP contribution is -2.42. The standard InChI is InChI=1S/C18H37N3/c1-3-5-6-7-8-9-10-11-12-13-14-15-18(4-2)21-17-16-19-20-21/h16-20H,3-15H2,1-2H3. The van der Waals surface area contributed by atoms with Crippen molar-refractivity contribution in [1.29, 1.82) is 0 Å². The van der Waals surface area contributed by atoms with Gasteiger partial charge in [-0.3, -0.25) is 5.01 Å². The van der Waals surface area contributed by atoms with Crippen molar-refractivity contribution in [2.24, 2.45) is 0 Å². The van der Waals surface area contributed by atoms with Crippen LogP contribution >= 0.6 is 0 Å². The second kappa shape index (κ2) is 13.0. The largest absolute Gasteiger partial charge is 0.310 e. The van der Waals surface area contributed by atoms with E-state index in [1.54, 1.807) is 0 Å². The Morgan fingerprint density at radius 3 is 1.86 bits per heavy atom. The van der Waals surface area contributed by atoms with Crippen LogP contribution in [0.2, 0.25) is 0 Å². The fraction of sp³-hybridized carbons (Fsp3) is 0.889. The third-order valence-electron chi connectivity index (χ3n) is 4.52. The van der Waals surface area contributed by atoms with Crippen LogP contribution in [-0.2, 0) is 0 Å². The Hall–Kier alpha value is -0.700. The van der Waals surface area contributed by atoms with Crippen LogP contribution in [0.1, 0.15) is 97.3 Å². The summed E-state index contributed by atoms with van der Waals surface area (Å²) in [5, 5.41) is 2.20. The van der Waals surface area contributed by atoms with Gasteiger partial charge < -0.3 is 5.43 Å². The Morgan fingerprint density at radius 2 is 1.38 bits per heavy atom. The van der Waals surface area contributed by atoms with Gasteiger partial charge in [-0.05, 0) is 12.8 Å². The first-order chi connectivity index (χ1) is 10.4. The van der Waals surface area contributed by atoms with Crippen LogP contribution in [0.5, 0.6) is 0 Å². The summed E-state index contributed by atoms with van der Waals surface area (Å²) in [7, 11) is 0. The summed E-state index contributed by atoms with van der Waals surface area (Å²) in [6.45, 7) is 4.56. The number of rotatable bonds is 14. The number of hydrogen-bond donors (Lipinski definition) is 2. The average molecular weight is 296 g/mol. The Morgan fingerprint density at radius 1 is 0.810 bits per heavy atom. The van der Waals surface area contributed by atoms with Crippen molar-refractivity contribution >= 4 is 0 Å². The van der Waals surface area contributed by atoms with E-state index in [2.05, 4.69) is 36.0 Å². The van der Waals surface area contributed by atoms with Gasteiger partial charge in [0.1, 0.15) is 0 Å². The predicted molar refractivity (Wildman–Crippen MR) is 92.4 cm³/mol. The topological polar surface area (TPSA) is 27.3 Å². The molecule has 0 fully saturated rings. The van der Waals surface area contributed by atoms with Crippen molar-refractivity contribution < 1.29 is 0 Å². The molecule has 0 radical (unpaired) electrons. The van der Waals surface area contributed by atoms with E-state index in [0.29, 0.717) is 6.04 Å². The molecule has 3 nitrogen and oxygen atoms in total. The minimum atomic E-state index is 0.634. The maximum Gasteiger partial charge on any atom is 0.0463 e. The Balaban J connectivity index is 1.84. The molecule has 1 unspecified atom stereocenters. The third kappa shape index (κ3) is 9.02. The highest BCUT2D eigenvalue weighted by Crippen LogP contribution is 2.15. The molecule has 0 saturated carbocycles. The molecule has 1 aliphatic heterocycles. The highest BCUT2D eigenvalue weighted by atomic mass is 15.7. The first-order valence-corrected chi connectivity index (χ1v) is 9.34. The quantitative estimate of drug-likeness (QED) is 0.428. The molecule has 3 heteroatoms. The van der Waals surface area contributed by atoms with Crippen LogP contribution in [0.15, 0.2) is 12.4 Å². The molecule has 0 spiro atoms. The summed E-state index contributed by atoms with van der Waals surface area (Å²) in [5.41, 5.74) is 6.19. The zero-order chi connectivity index (χ0) is 15.2. The van der Waals surface area contributed by atoms with Gasteiger partial charge in [-0.2, -0.15) is 0 Å².